The summed E-state index contributed by atoms with van der Waals surface area (Å²) < 4.78 is 10.7. The van der Waals surface area contributed by atoms with Gasteiger partial charge in [0.25, 0.3) is 0 Å². The van der Waals surface area contributed by atoms with E-state index >= 15 is 0 Å². The third-order valence-corrected chi connectivity index (χ3v) is 2.80. The Hall–Kier alpha value is -1.18. The van der Waals surface area contributed by atoms with Crippen LogP contribution in [-0.4, -0.2) is 50.4 Å². The summed E-state index contributed by atoms with van der Waals surface area (Å²) in [6.45, 7) is 11.0. The van der Waals surface area contributed by atoms with Gasteiger partial charge in [-0.1, -0.05) is 0 Å². The van der Waals surface area contributed by atoms with Gasteiger partial charge >= 0.3 is 0 Å². The molecule has 124 valence electrons. The second kappa shape index (κ2) is 8.96. The normalized spacial score (nSPS) is 12.2. The van der Waals surface area contributed by atoms with E-state index in [1.54, 1.807) is 13.8 Å². The van der Waals surface area contributed by atoms with Crippen molar-refractivity contribution in [2.45, 2.75) is 40.3 Å². The van der Waals surface area contributed by atoms with Gasteiger partial charge in [-0.15, -0.1) is 0 Å². The van der Waals surface area contributed by atoms with Gasteiger partial charge in [0.15, 0.2) is 0 Å². The second-order valence-corrected chi connectivity index (χ2v) is 6.15. The average Bonchev–Trinajstić information content (AvgIpc) is 2.30. The molecule has 0 rings (SSSR count). The molecular weight excluding hydrogens is 274 g/mol. The van der Waals surface area contributed by atoms with Gasteiger partial charge in [0.05, 0.1) is 37.5 Å². The molecule has 0 saturated carbocycles. The first kappa shape index (κ1) is 19.8. The Bertz CT molecular complexity index is 343. The Morgan fingerprint density at radius 2 is 1.62 bits per heavy atom. The molecular formula is C14H29N3O4. The van der Waals surface area contributed by atoms with E-state index in [4.69, 9.17) is 15.2 Å². The van der Waals surface area contributed by atoms with Crippen molar-refractivity contribution in [3.05, 3.63) is 0 Å². The fourth-order valence-corrected chi connectivity index (χ4v) is 1.54. The molecule has 0 spiro atoms. The molecule has 7 nitrogen and oxygen atoms in total. The molecule has 0 aromatic carbocycles. The van der Waals surface area contributed by atoms with Crippen LogP contribution in [0.1, 0.15) is 34.6 Å². The third kappa shape index (κ3) is 10.2. The molecule has 0 radical (unpaired) electrons. The Labute approximate surface area is 126 Å². The highest BCUT2D eigenvalue weighted by molar-refractivity contribution is 5.80. The highest BCUT2D eigenvalue weighted by atomic mass is 16.5. The highest BCUT2D eigenvalue weighted by Gasteiger charge is 2.24. The Balaban J connectivity index is 3.57. The van der Waals surface area contributed by atoms with Crippen molar-refractivity contribution in [3.63, 3.8) is 0 Å². The maximum atomic E-state index is 11.1. The molecule has 0 aromatic rings. The number of carbonyl (C=O) groups excluding carboxylic acids is 2. The summed E-state index contributed by atoms with van der Waals surface area (Å²) >= 11 is 0. The molecule has 0 atom stereocenters. The molecule has 7 heteroatoms. The second-order valence-electron chi connectivity index (χ2n) is 6.15. The topological polar surface area (TPSA) is 103 Å². The van der Waals surface area contributed by atoms with E-state index in [9.17, 15) is 9.59 Å². The lowest BCUT2D eigenvalue weighted by Crippen LogP contribution is -2.54. The number of primary amides is 1. The molecule has 0 saturated heterocycles. The van der Waals surface area contributed by atoms with Crippen LogP contribution in [0.3, 0.4) is 0 Å². The molecule has 2 amide bonds. The van der Waals surface area contributed by atoms with Crippen LogP contribution < -0.4 is 16.4 Å². The molecule has 0 heterocycles. The third-order valence-electron chi connectivity index (χ3n) is 2.80. The average molecular weight is 303 g/mol. The zero-order valence-corrected chi connectivity index (χ0v) is 13.7. The first-order valence-electron chi connectivity index (χ1n) is 7.06. The van der Waals surface area contributed by atoms with Crippen molar-refractivity contribution in [2.24, 2.45) is 11.1 Å². The number of hydrogen-bond acceptors (Lipinski definition) is 5. The van der Waals surface area contributed by atoms with Crippen LogP contribution >= 0.6 is 0 Å². The van der Waals surface area contributed by atoms with Crippen molar-refractivity contribution in [3.8, 4) is 0 Å². The fraction of sp³-hybridized carbons (Fsp3) is 0.857. The predicted molar refractivity (Wildman–Crippen MR) is 80.5 cm³/mol. The van der Waals surface area contributed by atoms with Crippen molar-refractivity contribution in [1.29, 1.82) is 0 Å². The molecule has 0 aliphatic heterocycles. The zero-order valence-electron chi connectivity index (χ0n) is 13.7. The summed E-state index contributed by atoms with van der Waals surface area (Å²) in [4.78, 5) is 22.0. The minimum atomic E-state index is -0.663. The van der Waals surface area contributed by atoms with E-state index in [0.717, 1.165) is 0 Å². The summed E-state index contributed by atoms with van der Waals surface area (Å²) in [5.41, 5.74) is 4.11. The number of rotatable bonds is 11. The van der Waals surface area contributed by atoms with Gasteiger partial charge < -0.3 is 20.5 Å². The maximum Gasteiger partial charge on any atom is 0.225 e. The first-order chi connectivity index (χ1) is 9.57. The van der Waals surface area contributed by atoms with Gasteiger partial charge in [-0.25, -0.2) is 0 Å². The van der Waals surface area contributed by atoms with Crippen molar-refractivity contribution in [1.82, 2.24) is 10.6 Å². The number of nitrogens with one attached hydrogen (secondary N) is 2. The number of carbonyl (C=O) groups is 2. The van der Waals surface area contributed by atoms with Crippen LogP contribution in [0.15, 0.2) is 0 Å². The lowest BCUT2D eigenvalue weighted by Gasteiger charge is -2.27. The van der Waals surface area contributed by atoms with Gasteiger partial charge in [0.2, 0.25) is 11.8 Å². The van der Waals surface area contributed by atoms with Crippen LogP contribution in [0.2, 0.25) is 0 Å². The minimum absolute atomic E-state index is 0.0844. The standard InChI is InChI=1S/C14H29N3O4/c1-11(18)17-14(4,5)16-6-7-20-8-9-21-10-13(2,3)12(15)19/h16H,6-10H2,1-5H3,(H2,15,19)(H,17,18). The van der Waals surface area contributed by atoms with E-state index in [0.29, 0.717) is 26.4 Å². The molecule has 0 aromatic heterocycles. The van der Waals surface area contributed by atoms with Gasteiger partial charge in [0.1, 0.15) is 0 Å². The predicted octanol–water partition coefficient (Wildman–Crippen LogP) is -0.00710. The van der Waals surface area contributed by atoms with Crippen molar-refractivity contribution < 1.29 is 19.1 Å². The molecule has 0 aliphatic rings. The molecule has 0 bridgehead atoms. The maximum absolute atomic E-state index is 11.1. The van der Waals surface area contributed by atoms with Gasteiger partial charge in [0, 0.05) is 13.5 Å². The van der Waals surface area contributed by atoms with E-state index in [1.807, 2.05) is 13.8 Å². The first-order valence-corrected chi connectivity index (χ1v) is 7.06. The van der Waals surface area contributed by atoms with Crippen LogP contribution in [0, 0.1) is 5.41 Å². The smallest absolute Gasteiger partial charge is 0.225 e. The fourth-order valence-electron chi connectivity index (χ4n) is 1.54. The summed E-state index contributed by atoms with van der Waals surface area (Å²) in [6.07, 6.45) is 0. The molecule has 0 fully saturated rings. The van der Waals surface area contributed by atoms with E-state index in [2.05, 4.69) is 10.6 Å². The minimum Gasteiger partial charge on any atom is -0.378 e. The molecule has 0 aliphatic carbocycles. The van der Waals surface area contributed by atoms with Crippen LogP contribution in [0.25, 0.3) is 0 Å². The Morgan fingerprint density at radius 1 is 1.05 bits per heavy atom. The quantitative estimate of drug-likeness (QED) is 0.368. The number of ether oxygens (including phenoxy) is 2. The lowest BCUT2D eigenvalue weighted by atomic mass is 9.94. The van der Waals surface area contributed by atoms with E-state index < -0.39 is 11.1 Å². The lowest BCUT2D eigenvalue weighted by molar-refractivity contribution is -0.129. The van der Waals surface area contributed by atoms with Gasteiger partial charge in [-0.2, -0.15) is 0 Å². The van der Waals surface area contributed by atoms with Crippen LogP contribution in [0.5, 0.6) is 0 Å². The molecule has 21 heavy (non-hydrogen) atoms. The van der Waals surface area contributed by atoms with Crippen molar-refractivity contribution in [2.75, 3.05) is 33.0 Å². The molecule has 4 N–H and O–H groups in total. The zero-order chi connectivity index (χ0) is 16.5. The summed E-state index contributed by atoms with van der Waals surface area (Å²) in [6, 6.07) is 0. The number of hydrogen-bond donors (Lipinski definition) is 3. The van der Waals surface area contributed by atoms with E-state index in [1.165, 1.54) is 6.92 Å². The summed E-state index contributed by atoms with van der Waals surface area (Å²) in [7, 11) is 0. The van der Waals surface area contributed by atoms with Crippen LogP contribution in [0.4, 0.5) is 0 Å². The SMILES string of the molecule is CC(=O)NC(C)(C)NCCOCCOCC(C)(C)C(N)=O. The number of amides is 2. The summed E-state index contributed by atoms with van der Waals surface area (Å²) in [5, 5.41) is 5.94. The molecule has 0 unspecified atom stereocenters. The van der Waals surface area contributed by atoms with Crippen LogP contribution in [-0.2, 0) is 19.1 Å². The number of nitrogens with two attached hydrogens (primary N) is 1. The van der Waals surface area contributed by atoms with Gasteiger partial charge in [-0.3, -0.25) is 14.9 Å². The summed E-state index contributed by atoms with van der Waals surface area (Å²) in [5.74, 6) is -0.466. The van der Waals surface area contributed by atoms with E-state index in [-0.39, 0.29) is 18.4 Å². The highest BCUT2D eigenvalue weighted by Crippen LogP contribution is 2.13. The monoisotopic (exact) mass is 303 g/mol. The van der Waals surface area contributed by atoms with Gasteiger partial charge in [-0.05, 0) is 27.7 Å². The van der Waals surface area contributed by atoms with Crippen molar-refractivity contribution >= 4 is 11.8 Å². The largest absolute Gasteiger partial charge is 0.378 e. The Morgan fingerprint density at radius 3 is 2.14 bits per heavy atom. The Kier molecular flexibility index (Phi) is 8.46.